The summed E-state index contributed by atoms with van der Waals surface area (Å²) >= 11 is 1.21. The van der Waals surface area contributed by atoms with Gasteiger partial charge in [-0.3, -0.25) is 0 Å². The third kappa shape index (κ3) is 3.69. The number of fused-ring (bicyclic) bond motifs is 2. The van der Waals surface area contributed by atoms with E-state index in [0.29, 0.717) is 22.0 Å². The second-order valence-corrected chi connectivity index (χ2v) is 7.72. The SMILES string of the molecule is Cc1ccc2c(c1)Sc1cc(C(F)(F)F)ccc1N2c1ccc(C(F)(F)F)cc1. The number of aryl methyl sites for hydroxylation is 1. The first-order valence-corrected chi connectivity index (χ1v) is 9.33. The van der Waals surface area contributed by atoms with E-state index in [1.807, 2.05) is 25.1 Å². The minimum absolute atomic E-state index is 0.387. The molecule has 0 atom stereocenters. The van der Waals surface area contributed by atoms with E-state index in [-0.39, 0.29) is 0 Å². The van der Waals surface area contributed by atoms with Gasteiger partial charge in [0.15, 0.2) is 0 Å². The lowest BCUT2D eigenvalue weighted by molar-refractivity contribution is -0.138. The summed E-state index contributed by atoms with van der Waals surface area (Å²) in [5.74, 6) is 0. The number of benzene rings is 3. The quantitative estimate of drug-likeness (QED) is 0.285. The maximum atomic E-state index is 13.2. The Morgan fingerprint density at radius 3 is 1.76 bits per heavy atom. The standard InChI is InChI=1S/C21H13F6NS/c1-12-2-8-16-18(10-12)29-19-11-14(21(25,26)27)5-9-17(19)28(16)15-6-3-13(4-7-15)20(22,23)24/h2-11H,1H3. The summed E-state index contributed by atoms with van der Waals surface area (Å²) in [6, 6.07) is 13.5. The fraction of sp³-hybridized carbons (Fsp3) is 0.143. The van der Waals surface area contributed by atoms with Crippen molar-refractivity contribution in [1.82, 2.24) is 0 Å². The van der Waals surface area contributed by atoms with Gasteiger partial charge in [0.25, 0.3) is 0 Å². The molecule has 1 aliphatic rings. The Morgan fingerprint density at radius 2 is 1.17 bits per heavy atom. The van der Waals surface area contributed by atoms with Crippen LogP contribution in [0.2, 0.25) is 0 Å². The van der Waals surface area contributed by atoms with E-state index >= 15 is 0 Å². The summed E-state index contributed by atoms with van der Waals surface area (Å²) in [6.07, 6.45) is -8.95. The predicted molar refractivity (Wildman–Crippen MR) is 100.0 cm³/mol. The van der Waals surface area contributed by atoms with Crippen LogP contribution < -0.4 is 4.90 Å². The van der Waals surface area contributed by atoms with Crippen LogP contribution in [0.25, 0.3) is 0 Å². The average Bonchev–Trinajstić information content (AvgIpc) is 2.64. The monoisotopic (exact) mass is 425 g/mol. The molecule has 3 aromatic carbocycles. The van der Waals surface area contributed by atoms with Crippen LogP contribution in [0.1, 0.15) is 16.7 Å². The molecule has 29 heavy (non-hydrogen) atoms. The Bertz CT molecular complexity index is 1070. The molecule has 1 aliphatic heterocycles. The van der Waals surface area contributed by atoms with E-state index in [0.717, 1.165) is 34.7 Å². The van der Waals surface area contributed by atoms with Gasteiger partial charge in [0.1, 0.15) is 0 Å². The van der Waals surface area contributed by atoms with Crippen molar-refractivity contribution in [2.75, 3.05) is 4.90 Å². The molecular weight excluding hydrogens is 412 g/mol. The lowest BCUT2D eigenvalue weighted by atomic mass is 10.1. The minimum atomic E-state index is -4.48. The molecule has 0 fully saturated rings. The van der Waals surface area contributed by atoms with Crippen molar-refractivity contribution in [3.63, 3.8) is 0 Å². The zero-order valence-electron chi connectivity index (χ0n) is 14.9. The molecule has 0 N–H and O–H groups in total. The summed E-state index contributed by atoms with van der Waals surface area (Å²) in [4.78, 5) is 2.80. The zero-order valence-corrected chi connectivity index (χ0v) is 15.7. The second-order valence-electron chi connectivity index (χ2n) is 6.63. The summed E-state index contributed by atoms with van der Waals surface area (Å²) < 4.78 is 78.2. The summed E-state index contributed by atoms with van der Waals surface area (Å²) in [6.45, 7) is 1.87. The molecule has 0 amide bonds. The van der Waals surface area contributed by atoms with E-state index in [4.69, 9.17) is 0 Å². The molecule has 1 heterocycles. The first kappa shape index (κ1) is 19.7. The Labute approximate surface area is 167 Å². The van der Waals surface area contributed by atoms with Gasteiger partial charge in [-0.05, 0) is 67.1 Å². The van der Waals surface area contributed by atoms with Crippen LogP contribution >= 0.6 is 11.8 Å². The molecule has 0 radical (unpaired) electrons. The van der Waals surface area contributed by atoms with E-state index in [9.17, 15) is 26.3 Å². The van der Waals surface area contributed by atoms with Crippen LogP contribution in [0.15, 0.2) is 70.5 Å². The normalized spacial score (nSPS) is 13.8. The van der Waals surface area contributed by atoms with Crippen molar-refractivity contribution in [3.8, 4) is 0 Å². The van der Waals surface area contributed by atoms with Gasteiger partial charge in [-0.2, -0.15) is 26.3 Å². The molecule has 4 rings (SSSR count). The van der Waals surface area contributed by atoms with Gasteiger partial charge < -0.3 is 4.90 Å². The largest absolute Gasteiger partial charge is 0.416 e. The topological polar surface area (TPSA) is 3.24 Å². The molecule has 3 aromatic rings. The maximum Gasteiger partial charge on any atom is 0.416 e. The lowest BCUT2D eigenvalue weighted by Gasteiger charge is -2.33. The lowest BCUT2D eigenvalue weighted by Crippen LogP contribution is -2.16. The predicted octanol–water partition coefficient (Wildman–Crippen LogP) is 7.97. The van der Waals surface area contributed by atoms with Gasteiger partial charge in [0.2, 0.25) is 0 Å². The van der Waals surface area contributed by atoms with Crippen LogP contribution in [-0.4, -0.2) is 0 Å². The fourth-order valence-corrected chi connectivity index (χ4v) is 4.37. The van der Waals surface area contributed by atoms with Gasteiger partial charge in [0.05, 0.1) is 22.5 Å². The fourth-order valence-electron chi connectivity index (χ4n) is 3.17. The third-order valence-electron chi connectivity index (χ3n) is 4.56. The van der Waals surface area contributed by atoms with Crippen LogP contribution in [0, 0.1) is 6.92 Å². The van der Waals surface area contributed by atoms with Crippen LogP contribution in [0.5, 0.6) is 0 Å². The second kappa shape index (κ2) is 6.73. The van der Waals surface area contributed by atoms with Crippen molar-refractivity contribution in [2.24, 2.45) is 0 Å². The minimum Gasteiger partial charge on any atom is -0.308 e. The zero-order chi connectivity index (χ0) is 21.0. The number of nitrogens with zero attached hydrogens (tertiary/aromatic N) is 1. The summed E-state index contributed by atoms with van der Waals surface area (Å²) in [5, 5.41) is 0. The number of hydrogen-bond acceptors (Lipinski definition) is 2. The third-order valence-corrected chi connectivity index (χ3v) is 5.65. The van der Waals surface area contributed by atoms with Crippen LogP contribution in [0.4, 0.5) is 43.4 Å². The number of hydrogen-bond donors (Lipinski definition) is 0. The average molecular weight is 425 g/mol. The molecule has 0 aromatic heterocycles. The highest BCUT2D eigenvalue weighted by atomic mass is 32.2. The molecule has 1 nitrogen and oxygen atoms in total. The Balaban J connectivity index is 1.87. The first-order valence-electron chi connectivity index (χ1n) is 8.51. The molecule has 0 saturated heterocycles. The molecule has 150 valence electrons. The van der Waals surface area contributed by atoms with Gasteiger partial charge in [-0.1, -0.05) is 17.8 Å². The highest BCUT2D eigenvalue weighted by Gasteiger charge is 2.34. The van der Waals surface area contributed by atoms with E-state index in [2.05, 4.69) is 0 Å². The highest BCUT2D eigenvalue weighted by molar-refractivity contribution is 7.99. The molecule has 0 bridgehead atoms. The van der Waals surface area contributed by atoms with Gasteiger partial charge >= 0.3 is 12.4 Å². The molecule has 0 unspecified atom stereocenters. The van der Waals surface area contributed by atoms with Crippen molar-refractivity contribution >= 4 is 28.8 Å². The van der Waals surface area contributed by atoms with Gasteiger partial charge in [-0.25, -0.2) is 0 Å². The first-order chi connectivity index (χ1) is 13.5. The molecule has 0 spiro atoms. The van der Waals surface area contributed by atoms with Crippen LogP contribution in [0.3, 0.4) is 0 Å². The van der Waals surface area contributed by atoms with E-state index < -0.39 is 23.5 Å². The molecule has 0 aliphatic carbocycles. The Morgan fingerprint density at radius 1 is 0.655 bits per heavy atom. The number of halogens is 6. The smallest absolute Gasteiger partial charge is 0.308 e. The maximum absolute atomic E-state index is 13.2. The number of rotatable bonds is 1. The van der Waals surface area contributed by atoms with Crippen molar-refractivity contribution in [2.45, 2.75) is 29.1 Å². The van der Waals surface area contributed by atoms with E-state index in [1.165, 1.54) is 30.0 Å². The Hall–Kier alpha value is -2.61. The molecule has 0 saturated carbocycles. The van der Waals surface area contributed by atoms with Gasteiger partial charge in [0, 0.05) is 15.5 Å². The van der Waals surface area contributed by atoms with Crippen molar-refractivity contribution < 1.29 is 26.3 Å². The van der Waals surface area contributed by atoms with E-state index in [1.54, 1.807) is 4.90 Å². The highest BCUT2D eigenvalue weighted by Crippen LogP contribution is 2.52. The summed E-state index contributed by atoms with van der Waals surface area (Å²) in [5.41, 5.74) is 0.992. The number of alkyl halides is 6. The Kier molecular flexibility index (Phi) is 4.57. The number of anilines is 3. The van der Waals surface area contributed by atoms with Crippen molar-refractivity contribution in [1.29, 1.82) is 0 Å². The van der Waals surface area contributed by atoms with Crippen LogP contribution in [-0.2, 0) is 12.4 Å². The molecular formula is C21H13F6NS. The summed E-state index contributed by atoms with van der Waals surface area (Å²) in [7, 11) is 0. The van der Waals surface area contributed by atoms with Gasteiger partial charge in [-0.15, -0.1) is 0 Å². The molecule has 8 heteroatoms. The van der Waals surface area contributed by atoms with Crippen molar-refractivity contribution in [3.05, 3.63) is 77.4 Å².